The molecular weight excluding hydrogens is 396 g/mol. The first-order chi connectivity index (χ1) is 14.4. The van der Waals surface area contributed by atoms with Crippen molar-refractivity contribution in [1.29, 1.82) is 0 Å². The Labute approximate surface area is 180 Å². The fourth-order valence-electron chi connectivity index (χ4n) is 2.75. The second-order valence-corrected chi connectivity index (χ2v) is 7.73. The van der Waals surface area contributed by atoms with Crippen LogP contribution in [0.3, 0.4) is 0 Å². The van der Waals surface area contributed by atoms with E-state index >= 15 is 0 Å². The summed E-state index contributed by atoms with van der Waals surface area (Å²) in [6.45, 7) is 5.77. The molecule has 6 nitrogen and oxygen atoms in total. The minimum Gasteiger partial charge on any atom is -0.497 e. The molecule has 154 valence electrons. The number of nitrogens with one attached hydrogen (secondary N) is 1. The van der Waals surface area contributed by atoms with Crippen LogP contribution < -0.4 is 10.2 Å². The van der Waals surface area contributed by atoms with Crippen LogP contribution in [-0.4, -0.2) is 28.7 Å². The molecule has 0 bridgehead atoms. The van der Waals surface area contributed by atoms with Crippen LogP contribution in [0.2, 0.25) is 0 Å². The van der Waals surface area contributed by atoms with E-state index in [9.17, 15) is 4.79 Å². The Morgan fingerprint density at radius 3 is 2.20 bits per heavy atom. The van der Waals surface area contributed by atoms with E-state index in [1.165, 1.54) is 0 Å². The van der Waals surface area contributed by atoms with E-state index in [-0.39, 0.29) is 5.91 Å². The molecule has 2 aromatic carbocycles. The van der Waals surface area contributed by atoms with Gasteiger partial charge in [-0.1, -0.05) is 23.9 Å². The van der Waals surface area contributed by atoms with Crippen molar-refractivity contribution >= 4 is 23.4 Å². The zero-order valence-corrected chi connectivity index (χ0v) is 18.3. The molecule has 3 aromatic rings. The van der Waals surface area contributed by atoms with Gasteiger partial charge >= 0.3 is 0 Å². The number of thioether (sulfide) groups is 1. The molecule has 1 aromatic heterocycles. The third-order valence-electron chi connectivity index (χ3n) is 4.38. The number of carbonyl (C=O) groups excluding carboxylic acids is 1. The van der Waals surface area contributed by atoms with Gasteiger partial charge in [-0.15, -0.1) is 0 Å². The van der Waals surface area contributed by atoms with Crippen molar-refractivity contribution in [3.05, 3.63) is 82.7 Å². The van der Waals surface area contributed by atoms with Crippen LogP contribution in [0, 0.1) is 13.8 Å². The molecule has 1 heterocycles. The third-order valence-corrected chi connectivity index (χ3v) is 5.30. The number of methoxy groups -OCH3 is 1. The number of benzene rings is 2. The van der Waals surface area contributed by atoms with E-state index in [1.54, 1.807) is 31.0 Å². The normalized spacial score (nSPS) is 11.3. The molecule has 0 aliphatic heterocycles. The Balaban J connectivity index is 1.57. The molecule has 30 heavy (non-hydrogen) atoms. The lowest BCUT2D eigenvalue weighted by atomic mass is 10.1. The van der Waals surface area contributed by atoms with Crippen LogP contribution in [-0.2, 0) is 5.75 Å². The van der Waals surface area contributed by atoms with Gasteiger partial charge in [-0.2, -0.15) is 5.10 Å². The number of rotatable bonds is 7. The minimum atomic E-state index is -0.250. The van der Waals surface area contributed by atoms with Crippen molar-refractivity contribution in [1.82, 2.24) is 15.4 Å². The molecule has 0 aliphatic carbocycles. The smallest absolute Gasteiger partial charge is 0.271 e. The van der Waals surface area contributed by atoms with Gasteiger partial charge in [0, 0.05) is 22.7 Å². The summed E-state index contributed by atoms with van der Waals surface area (Å²) in [7, 11) is 1.62. The average molecular weight is 421 g/mol. The maximum Gasteiger partial charge on any atom is 0.271 e. The highest BCUT2D eigenvalue weighted by atomic mass is 32.2. The van der Waals surface area contributed by atoms with E-state index in [0.717, 1.165) is 39.2 Å². The highest BCUT2D eigenvalue weighted by molar-refractivity contribution is 7.98. The zero-order chi connectivity index (χ0) is 21.5. The number of aromatic nitrogens is 2. The molecule has 1 amide bonds. The van der Waals surface area contributed by atoms with Crippen molar-refractivity contribution < 1.29 is 9.53 Å². The Bertz CT molecular complexity index is 1030. The standard InChI is InChI=1S/C23H24N4O2S/c1-15-13-16(2)25-23(24-15)30-14-18-5-7-20(8-6-18)22(28)27-26-17(3)19-9-11-21(29-4)12-10-19/h5-13H,14H2,1-4H3,(H,27,28)/b26-17-. The zero-order valence-electron chi connectivity index (χ0n) is 17.5. The van der Waals surface area contributed by atoms with E-state index in [2.05, 4.69) is 20.5 Å². The summed E-state index contributed by atoms with van der Waals surface area (Å²) in [5.41, 5.74) is 7.81. The number of carbonyl (C=O) groups is 1. The molecular formula is C23H24N4O2S. The lowest BCUT2D eigenvalue weighted by molar-refractivity contribution is 0.0955. The van der Waals surface area contributed by atoms with Crippen LogP contribution in [0.15, 0.2) is 64.9 Å². The monoisotopic (exact) mass is 420 g/mol. The molecule has 0 atom stereocenters. The number of nitrogens with zero attached hydrogens (tertiary/aromatic N) is 3. The first kappa shape index (κ1) is 21.5. The molecule has 0 saturated heterocycles. The van der Waals surface area contributed by atoms with Gasteiger partial charge in [-0.05, 0) is 74.4 Å². The van der Waals surface area contributed by atoms with Gasteiger partial charge in [0.2, 0.25) is 0 Å². The number of hydrazone groups is 1. The Hall–Kier alpha value is -3.19. The first-order valence-corrected chi connectivity index (χ1v) is 10.5. The largest absolute Gasteiger partial charge is 0.497 e. The SMILES string of the molecule is COc1ccc(/C(C)=N\NC(=O)c2ccc(CSc3nc(C)cc(C)n3)cc2)cc1. The summed E-state index contributed by atoms with van der Waals surface area (Å²) in [6, 6.07) is 16.9. The molecule has 0 radical (unpaired) electrons. The van der Waals surface area contributed by atoms with Crippen LogP contribution >= 0.6 is 11.8 Å². The van der Waals surface area contributed by atoms with E-state index < -0.39 is 0 Å². The fraction of sp³-hybridized carbons (Fsp3) is 0.217. The first-order valence-electron chi connectivity index (χ1n) is 9.47. The average Bonchev–Trinajstić information content (AvgIpc) is 2.75. The summed E-state index contributed by atoms with van der Waals surface area (Å²) >= 11 is 1.58. The van der Waals surface area contributed by atoms with Crippen molar-refractivity contribution in [3.8, 4) is 5.75 Å². The van der Waals surface area contributed by atoms with Gasteiger partial charge in [-0.3, -0.25) is 4.79 Å². The fourth-order valence-corrected chi connectivity index (χ4v) is 3.66. The molecule has 1 N–H and O–H groups in total. The number of ether oxygens (including phenoxy) is 1. The third kappa shape index (κ3) is 5.90. The predicted octanol–water partition coefficient (Wildman–Crippen LogP) is 4.55. The lowest BCUT2D eigenvalue weighted by Crippen LogP contribution is -2.19. The lowest BCUT2D eigenvalue weighted by Gasteiger charge is -2.06. The van der Waals surface area contributed by atoms with Crippen molar-refractivity contribution in [3.63, 3.8) is 0 Å². The van der Waals surface area contributed by atoms with Crippen molar-refractivity contribution in [2.45, 2.75) is 31.7 Å². The van der Waals surface area contributed by atoms with Gasteiger partial charge in [0.1, 0.15) is 5.75 Å². The second-order valence-electron chi connectivity index (χ2n) is 6.79. The topological polar surface area (TPSA) is 76.5 Å². The second kappa shape index (κ2) is 10.0. The number of hydrogen-bond donors (Lipinski definition) is 1. The van der Waals surface area contributed by atoms with E-state index in [1.807, 2.05) is 63.2 Å². The highest BCUT2D eigenvalue weighted by Gasteiger charge is 2.07. The quantitative estimate of drug-likeness (QED) is 0.263. The van der Waals surface area contributed by atoms with Gasteiger partial charge in [0.05, 0.1) is 12.8 Å². The Morgan fingerprint density at radius 1 is 1.00 bits per heavy atom. The van der Waals surface area contributed by atoms with Gasteiger partial charge in [-0.25, -0.2) is 15.4 Å². The Kier molecular flexibility index (Phi) is 7.19. The maximum atomic E-state index is 12.4. The van der Waals surface area contributed by atoms with Gasteiger partial charge in [0.15, 0.2) is 5.16 Å². The van der Waals surface area contributed by atoms with Crippen molar-refractivity contribution in [2.24, 2.45) is 5.10 Å². The van der Waals surface area contributed by atoms with Gasteiger partial charge in [0.25, 0.3) is 5.91 Å². The summed E-state index contributed by atoms with van der Waals surface area (Å²) < 4.78 is 5.15. The Morgan fingerprint density at radius 2 is 1.60 bits per heavy atom. The molecule has 0 spiro atoms. The summed E-state index contributed by atoms with van der Waals surface area (Å²) in [5.74, 6) is 1.26. The van der Waals surface area contributed by atoms with Crippen LogP contribution in [0.1, 0.15) is 39.8 Å². The summed E-state index contributed by atoms with van der Waals surface area (Å²) in [6.07, 6.45) is 0. The van der Waals surface area contributed by atoms with Gasteiger partial charge < -0.3 is 4.74 Å². The van der Waals surface area contributed by atoms with E-state index in [0.29, 0.717) is 11.3 Å². The van der Waals surface area contributed by atoms with Crippen LogP contribution in [0.5, 0.6) is 5.75 Å². The molecule has 3 rings (SSSR count). The van der Waals surface area contributed by atoms with Crippen molar-refractivity contribution in [2.75, 3.05) is 7.11 Å². The number of hydrogen-bond acceptors (Lipinski definition) is 6. The van der Waals surface area contributed by atoms with Crippen LogP contribution in [0.25, 0.3) is 0 Å². The molecule has 0 unspecified atom stereocenters. The summed E-state index contributed by atoms with van der Waals surface area (Å²) in [4.78, 5) is 21.3. The molecule has 7 heteroatoms. The number of amides is 1. The molecule has 0 aliphatic rings. The minimum absolute atomic E-state index is 0.250. The summed E-state index contributed by atoms with van der Waals surface area (Å²) in [5, 5.41) is 4.96. The predicted molar refractivity (Wildman–Crippen MR) is 120 cm³/mol. The van der Waals surface area contributed by atoms with Crippen LogP contribution in [0.4, 0.5) is 0 Å². The maximum absolute atomic E-state index is 12.4. The number of aryl methyl sites for hydroxylation is 2. The van der Waals surface area contributed by atoms with E-state index in [4.69, 9.17) is 4.74 Å². The highest BCUT2D eigenvalue weighted by Crippen LogP contribution is 2.20. The molecule has 0 saturated carbocycles. The molecule has 0 fully saturated rings.